The van der Waals surface area contributed by atoms with Gasteiger partial charge in [0.1, 0.15) is 16.9 Å². The maximum absolute atomic E-state index is 13.5. The smallest absolute Gasteiger partial charge is 0.161 e. The molecule has 8 nitrogen and oxygen atoms in total. The van der Waals surface area contributed by atoms with Crippen molar-refractivity contribution in [3.63, 3.8) is 0 Å². The van der Waals surface area contributed by atoms with Gasteiger partial charge in [-0.25, -0.2) is 14.4 Å². The molecule has 1 fully saturated rings. The zero-order valence-corrected chi connectivity index (χ0v) is 21.3. The summed E-state index contributed by atoms with van der Waals surface area (Å²) < 4.78 is 13.5. The third-order valence-electron chi connectivity index (χ3n) is 7.48. The average molecular weight is 519 g/mol. The Labute approximate surface area is 224 Å². The van der Waals surface area contributed by atoms with Crippen LogP contribution in [0.3, 0.4) is 0 Å². The van der Waals surface area contributed by atoms with Crippen molar-refractivity contribution in [2.75, 3.05) is 6.54 Å². The first-order chi connectivity index (χ1) is 19.2. The first kappa shape index (κ1) is 23.6. The van der Waals surface area contributed by atoms with Crippen LogP contribution >= 0.6 is 0 Å². The van der Waals surface area contributed by atoms with Crippen LogP contribution in [0.25, 0.3) is 56.1 Å². The molecule has 6 aromatic rings. The van der Waals surface area contributed by atoms with E-state index >= 15 is 0 Å². The van der Waals surface area contributed by atoms with Crippen LogP contribution in [0.2, 0.25) is 0 Å². The zero-order valence-electron chi connectivity index (χ0n) is 21.3. The summed E-state index contributed by atoms with van der Waals surface area (Å²) in [4.78, 5) is 22.1. The average Bonchev–Trinajstić information content (AvgIpc) is 3.73. The summed E-state index contributed by atoms with van der Waals surface area (Å²) >= 11 is 0. The quantitative estimate of drug-likeness (QED) is 0.238. The molecular formula is C30H27FN8. The molecule has 194 valence electrons. The van der Waals surface area contributed by atoms with Crippen LogP contribution in [0.1, 0.15) is 31.2 Å². The van der Waals surface area contributed by atoms with Crippen molar-refractivity contribution in [2.45, 2.75) is 32.2 Å². The number of hydrogen-bond donors (Lipinski definition) is 3. The summed E-state index contributed by atoms with van der Waals surface area (Å²) in [5.74, 6) is 1.09. The fraction of sp³-hybridized carbons (Fsp3) is 0.233. The molecule has 1 aliphatic rings. The second-order valence-corrected chi connectivity index (χ2v) is 10.2. The van der Waals surface area contributed by atoms with Crippen LogP contribution < -0.4 is 5.32 Å². The predicted octanol–water partition coefficient (Wildman–Crippen LogP) is 6.04. The summed E-state index contributed by atoms with van der Waals surface area (Å²) in [7, 11) is 0. The normalized spacial score (nSPS) is 14.1. The second-order valence-electron chi connectivity index (χ2n) is 10.2. The molecule has 0 aliphatic heterocycles. The molecule has 0 saturated heterocycles. The highest BCUT2D eigenvalue weighted by atomic mass is 19.1. The third-order valence-corrected chi connectivity index (χ3v) is 7.48. The summed E-state index contributed by atoms with van der Waals surface area (Å²) in [6, 6.07) is 14.2. The number of halogens is 1. The molecule has 7 rings (SSSR count). The molecule has 9 heteroatoms. The number of nitrogens with one attached hydrogen (secondary N) is 3. The van der Waals surface area contributed by atoms with E-state index in [-0.39, 0.29) is 5.82 Å². The van der Waals surface area contributed by atoms with Crippen LogP contribution in [0.5, 0.6) is 0 Å². The van der Waals surface area contributed by atoms with Crippen LogP contribution in [-0.4, -0.2) is 41.7 Å². The number of hydrogen-bond acceptors (Lipinski definition) is 6. The van der Waals surface area contributed by atoms with E-state index in [9.17, 15) is 4.39 Å². The number of pyridine rings is 3. The minimum absolute atomic E-state index is 0.292. The summed E-state index contributed by atoms with van der Waals surface area (Å²) in [5, 5.41) is 11.2. The molecule has 1 aromatic carbocycles. The van der Waals surface area contributed by atoms with E-state index in [0.29, 0.717) is 28.2 Å². The number of benzene rings is 1. The SMILES string of the molecule is Fc1ccc(-c2nccc3[nH]c(-c4n[nH]c5ccc(-c6cncc(CNCC7CCCC7)c6)nc45)nc23)cc1. The number of rotatable bonds is 7. The van der Waals surface area contributed by atoms with Gasteiger partial charge in [0, 0.05) is 36.3 Å². The van der Waals surface area contributed by atoms with E-state index in [2.05, 4.69) is 36.5 Å². The molecule has 1 saturated carbocycles. The molecule has 0 atom stereocenters. The Kier molecular flexibility index (Phi) is 6.05. The van der Waals surface area contributed by atoms with Gasteiger partial charge < -0.3 is 10.3 Å². The standard InChI is InChI=1S/C30H27FN8/c31-22-7-5-20(6-8-22)26-27-24(11-12-34-26)36-30(37-27)29-28-25(38-39-29)10-9-23(35-28)21-13-19(16-33-17-21)15-32-14-18-3-1-2-4-18/h5-13,16-18,32H,1-4,14-15H2,(H,36,37)(H,38,39). The maximum atomic E-state index is 13.5. The number of fused-ring (bicyclic) bond motifs is 2. The van der Waals surface area contributed by atoms with Gasteiger partial charge in [0.05, 0.1) is 22.4 Å². The van der Waals surface area contributed by atoms with E-state index in [1.54, 1.807) is 18.3 Å². The van der Waals surface area contributed by atoms with Crippen LogP contribution in [0.15, 0.2) is 67.1 Å². The Morgan fingerprint density at radius 3 is 2.59 bits per heavy atom. The fourth-order valence-corrected chi connectivity index (χ4v) is 5.45. The van der Waals surface area contributed by atoms with Crippen molar-refractivity contribution in [2.24, 2.45) is 5.92 Å². The van der Waals surface area contributed by atoms with E-state index in [0.717, 1.165) is 52.4 Å². The van der Waals surface area contributed by atoms with Crippen molar-refractivity contribution < 1.29 is 4.39 Å². The number of H-pyrrole nitrogens is 2. The second kappa shape index (κ2) is 9.99. The van der Waals surface area contributed by atoms with Crippen LogP contribution in [0.4, 0.5) is 4.39 Å². The lowest BCUT2D eigenvalue weighted by atomic mass is 10.1. The number of imidazole rings is 1. The van der Waals surface area contributed by atoms with Gasteiger partial charge in [-0.15, -0.1) is 0 Å². The van der Waals surface area contributed by atoms with Gasteiger partial charge in [0.2, 0.25) is 0 Å². The predicted molar refractivity (Wildman–Crippen MR) is 149 cm³/mol. The molecular weight excluding hydrogens is 491 g/mol. The fourth-order valence-electron chi connectivity index (χ4n) is 5.45. The van der Waals surface area contributed by atoms with Gasteiger partial charge in [0.15, 0.2) is 11.5 Å². The van der Waals surface area contributed by atoms with Crippen molar-refractivity contribution >= 4 is 22.1 Å². The topological polar surface area (TPSA) is 108 Å². The van der Waals surface area contributed by atoms with Crippen molar-refractivity contribution in [3.05, 3.63) is 78.5 Å². The molecule has 0 spiro atoms. The molecule has 5 heterocycles. The highest BCUT2D eigenvalue weighted by molar-refractivity contribution is 5.95. The Balaban J connectivity index is 1.20. The minimum Gasteiger partial charge on any atom is -0.336 e. The molecule has 39 heavy (non-hydrogen) atoms. The third kappa shape index (κ3) is 4.66. The monoisotopic (exact) mass is 518 g/mol. The highest BCUT2D eigenvalue weighted by Gasteiger charge is 2.18. The first-order valence-electron chi connectivity index (χ1n) is 13.3. The highest BCUT2D eigenvalue weighted by Crippen LogP contribution is 2.31. The van der Waals surface area contributed by atoms with Gasteiger partial charge >= 0.3 is 0 Å². The lowest BCUT2D eigenvalue weighted by Gasteiger charge is -2.11. The number of nitrogens with zero attached hydrogens (tertiary/aromatic N) is 5. The van der Waals surface area contributed by atoms with Gasteiger partial charge in [-0.05, 0) is 79.4 Å². The molecule has 3 N–H and O–H groups in total. The maximum Gasteiger partial charge on any atom is 0.161 e. The summed E-state index contributed by atoms with van der Waals surface area (Å²) in [6.07, 6.45) is 10.8. The van der Waals surface area contributed by atoms with Gasteiger partial charge in [-0.1, -0.05) is 12.8 Å². The molecule has 0 radical (unpaired) electrons. The van der Waals surface area contributed by atoms with Gasteiger partial charge in [-0.2, -0.15) is 5.10 Å². The molecule has 0 amide bonds. The summed E-state index contributed by atoms with van der Waals surface area (Å²) in [6.45, 7) is 1.85. The van der Waals surface area contributed by atoms with Gasteiger partial charge in [0.25, 0.3) is 0 Å². The number of aromatic nitrogens is 7. The van der Waals surface area contributed by atoms with Crippen molar-refractivity contribution in [1.82, 2.24) is 40.4 Å². The molecule has 0 unspecified atom stereocenters. The first-order valence-corrected chi connectivity index (χ1v) is 13.3. The van der Waals surface area contributed by atoms with E-state index in [1.807, 2.05) is 30.6 Å². The summed E-state index contributed by atoms with van der Waals surface area (Å²) in [5.41, 5.74) is 8.03. The molecule has 1 aliphatic carbocycles. The van der Waals surface area contributed by atoms with Crippen molar-refractivity contribution in [1.29, 1.82) is 0 Å². The Bertz CT molecular complexity index is 1770. The van der Waals surface area contributed by atoms with Crippen molar-refractivity contribution in [3.8, 4) is 34.0 Å². The number of aromatic amines is 2. The van der Waals surface area contributed by atoms with Crippen LogP contribution in [-0.2, 0) is 6.54 Å². The Hall–Kier alpha value is -4.50. The molecule has 5 aromatic heterocycles. The Morgan fingerprint density at radius 2 is 1.72 bits per heavy atom. The largest absolute Gasteiger partial charge is 0.336 e. The van der Waals surface area contributed by atoms with E-state index < -0.39 is 0 Å². The van der Waals surface area contributed by atoms with E-state index in [1.165, 1.54) is 37.8 Å². The lowest BCUT2D eigenvalue weighted by molar-refractivity contribution is 0.489. The van der Waals surface area contributed by atoms with Gasteiger partial charge in [-0.3, -0.25) is 15.1 Å². The lowest BCUT2D eigenvalue weighted by Crippen LogP contribution is -2.20. The van der Waals surface area contributed by atoms with E-state index in [4.69, 9.17) is 9.97 Å². The Morgan fingerprint density at radius 1 is 0.872 bits per heavy atom. The zero-order chi connectivity index (χ0) is 26.2. The minimum atomic E-state index is -0.292. The molecule has 0 bridgehead atoms. The van der Waals surface area contributed by atoms with Crippen LogP contribution in [0, 0.1) is 11.7 Å².